The highest BCUT2D eigenvalue weighted by atomic mass is 16.6. The lowest BCUT2D eigenvalue weighted by Crippen LogP contribution is -2.56. The first kappa shape index (κ1) is 31.9. The summed E-state index contributed by atoms with van der Waals surface area (Å²) in [5, 5.41) is 38.5. The van der Waals surface area contributed by atoms with Crippen LogP contribution in [0, 0.1) is 16.0 Å². The van der Waals surface area contributed by atoms with Crippen LogP contribution in [0.1, 0.15) is 22.3 Å². The number of ether oxygens (including phenoxy) is 1. The van der Waals surface area contributed by atoms with Crippen LogP contribution in [0.5, 0.6) is 11.5 Å². The number of rotatable bonds is 13. The van der Waals surface area contributed by atoms with Gasteiger partial charge >= 0.3 is 5.69 Å². The molecular formula is C32H33N5O9. The summed E-state index contributed by atoms with van der Waals surface area (Å²) >= 11 is 0. The van der Waals surface area contributed by atoms with Crippen molar-refractivity contribution in [3.63, 3.8) is 0 Å². The van der Waals surface area contributed by atoms with Crippen molar-refractivity contribution in [2.45, 2.75) is 50.0 Å². The van der Waals surface area contributed by atoms with Crippen molar-refractivity contribution in [1.82, 2.24) is 16.0 Å². The highest BCUT2D eigenvalue weighted by molar-refractivity contribution is 5.98. The minimum Gasteiger partial charge on any atom is -0.508 e. The highest BCUT2D eigenvalue weighted by Crippen LogP contribution is 2.30. The molecule has 5 rings (SSSR count). The zero-order valence-electron chi connectivity index (χ0n) is 24.5. The number of carbonyl (C=O) groups excluding carboxylic acids is 4. The molecule has 14 heteroatoms. The standard InChI is InChI=1S/C32H33N5O9/c33-29(40)26(21-15-19-3-1-2-4-20(19)16-21)36-30(41)23(13-18-7-10-25(39)24(14-18)37(44)45)35-32(43)28-27(46-28)31(42)34-12-11-17-5-8-22(38)9-6-17/h1-10,14,21,23,26-28,38-39H,11-13,15-16H2,(H2,33,40)(H,34,42)(H,35,43)(H,36,41)/t23-,26-,27-,28-/m1/s1. The third kappa shape index (κ3) is 7.58. The number of nitrogens with zero attached hydrogens (tertiary/aromatic N) is 1. The average molecular weight is 632 g/mol. The molecule has 46 heavy (non-hydrogen) atoms. The molecule has 3 aromatic carbocycles. The number of amides is 4. The molecule has 14 nitrogen and oxygen atoms in total. The van der Waals surface area contributed by atoms with E-state index in [0.29, 0.717) is 19.3 Å². The predicted octanol–water partition coefficient (Wildman–Crippen LogP) is 0.545. The van der Waals surface area contributed by atoms with Crippen LogP contribution < -0.4 is 21.7 Å². The van der Waals surface area contributed by atoms with Crippen molar-refractivity contribution in [2.75, 3.05) is 6.54 Å². The van der Waals surface area contributed by atoms with Crippen molar-refractivity contribution in [1.29, 1.82) is 0 Å². The quantitative estimate of drug-likeness (QED) is 0.0878. The van der Waals surface area contributed by atoms with Crippen molar-refractivity contribution in [2.24, 2.45) is 11.7 Å². The van der Waals surface area contributed by atoms with Gasteiger partial charge in [-0.25, -0.2) is 0 Å². The Morgan fingerprint density at radius 2 is 1.54 bits per heavy atom. The summed E-state index contributed by atoms with van der Waals surface area (Å²) < 4.78 is 5.31. The molecule has 2 aliphatic rings. The predicted molar refractivity (Wildman–Crippen MR) is 162 cm³/mol. The molecule has 1 fully saturated rings. The van der Waals surface area contributed by atoms with E-state index in [1.165, 1.54) is 18.2 Å². The van der Waals surface area contributed by atoms with Crippen molar-refractivity contribution in [3.05, 3.63) is 99.1 Å². The first-order chi connectivity index (χ1) is 22.0. The lowest BCUT2D eigenvalue weighted by molar-refractivity contribution is -0.385. The minimum atomic E-state index is -1.34. The van der Waals surface area contributed by atoms with Crippen LogP contribution in [0.4, 0.5) is 5.69 Å². The number of epoxide rings is 1. The maximum atomic E-state index is 13.6. The fourth-order valence-electron chi connectivity index (χ4n) is 5.65. The molecule has 1 aliphatic heterocycles. The molecule has 240 valence electrons. The van der Waals surface area contributed by atoms with Gasteiger partial charge in [0.1, 0.15) is 17.8 Å². The van der Waals surface area contributed by atoms with E-state index in [1.807, 2.05) is 24.3 Å². The lowest BCUT2D eigenvalue weighted by atomic mass is 9.95. The molecule has 1 saturated heterocycles. The molecule has 0 unspecified atom stereocenters. The second-order valence-corrected chi connectivity index (χ2v) is 11.4. The van der Waals surface area contributed by atoms with Crippen LogP contribution in [0.2, 0.25) is 0 Å². The van der Waals surface area contributed by atoms with Gasteiger partial charge in [0.05, 0.1) is 4.92 Å². The van der Waals surface area contributed by atoms with Gasteiger partial charge < -0.3 is 36.6 Å². The fraction of sp³-hybridized carbons (Fsp3) is 0.312. The normalized spacial score (nSPS) is 18.1. The number of phenolic OH excluding ortho intramolecular Hbond substituents is 2. The monoisotopic (exact) mass is 631 g/mol. The van der Waals surface area contributed by atoms with Crippen LogP contribution in [0.25, 0.3) is 0 Å². The molecule has 3 aromatic rings. The van der Waals surface area contributed by atoms with E-state index >= 15 is 0 Å². The smallest absolute Gasteiger partial charge is 0.310 e. The molecule has 0 aromatic heterocycles. The molecule has 4 atom stereocenters. The Labute approximate surface area is 263 Å². The van der Waals surface area contributed by atoms with Gasteiger partial charge in [0, 0.05) is 19.0 Å². The number of nitrogens with one attached hydrogen (secondary N) is 3. The van der Waals surface area contributed by atoms with Gasteiger partial charge in [0.15, 0.2) is 18.0 Å². The number of nitrogens with two attached hydrogens (primary N) is 1. The molecule has 0 saturated carbocycles. The number of hydrogen-bond acceptors (Lipinski definition) is 9. The molecule has 4 amide bonds. The number of aromatic hydroxyl groups is 2. The van der Waals surface area contributed by atoms with Crippen molar-refractivity contribution < 1.29 is 39.1 Å². The van der Waals surface area contributed by atoms with E-state index in [9.17, 15) is 39.5 Å². The summed E-state index contributed by atoms with van der Waals surface area (Å²) in [6, 6.07) is 15.3. The Balaban J connectivity index is 1.25. The summed E-state index contributed by atoms with van der Waals surface area (Å²) in [4.78, 5) is 62.5. The number of fused-ring (bicyclic) bond motifs is 1. The van der Waals surface area contributed by atoms with E-state index < -0.39 is 64.3 Å². The average Bonchev–Trinajstić information content (AvgIpc) is 3.72. The van der Waals surface area contributed by atoms with Gasteiger partial charge in [-0.05, 0) is 65.6 Å². The Bertz CT molecular complexity index is 1640. The van der Waals surface area contributed by atoms with Crippen LogP contribution in [-0.4, -0.2) is 69.6 Å². The zero-order valence-corrected chi connectivity index (χ0v) is 24.5. The van der Waals surface area contributed by atoms with Crippen LogP contribution >= 0.6 is 0 Å². The van der Waals surface area contributed by atoms with Crippen LogP contribution in [0.15, 0.2) is 66.7 Å². The van der Waals surface area contributed by atoms with E-state index in [2.05, 4.69) is 16.0 Å². The summed E-state index contributed by atoms with van der Waals surface area (Å²) in [5.41, 5.74) is 8.30. The number of primary amides is 1. The molecular weight excluding hydrogens is 598 g/mol. The van der Waals surface area contributed by atoms with E-state index in [0.717, 1.165) is 28.8 Å². The van der Waals surface area contributed by atoms with Crippen molar-refractivity contribution in [3.8, 4) is 11.5 Å². The van der Waals surface area contributed by atoms with Gasteiger partial charge in [0.2, 0.25) is 11.8 Å². The first-order valence-corrected chi connectivity index (χ1v) is 14.6. The van der Waals surface area contributed by atoms with Crippen LogP contribution in [-0.2, 0) is 49.6 Å². The maximum Gasteiger partial charge on any atom is 0.310 e. The number of nitro benzene ring substituents is 1. The largest absolute Gasteiger partial charge is 0.508 e. The Morgan fingerprint density at radius 1 is 0.913 bits per heavy atom. The third-order valence-corrected chi connectivity index (χ3v) is 8.13. The second-order valence-electron chi connectivity index (χ2n) is 11.4. The summed E-state index contributed by atoms with van der Waals surface area (Å²) in [6.45, 7) is 0.252. The zero-order chi connectivity index (χ0) is 33.0. The molecule has 1 aliphatic carbocycles. The maximum absolute atomic E-state index is 13.6. The second kappa shape index (κ2) is 13.6. The van der Waals surface area contributed by atoms with Gasteiger partial charge in [-0.15, -0.1) is 0 Å². The number of carbonyl (C=O) groups is 4. The first-order valence-electron chi connectivity index (χ1n) is 14.6. The van der Waals surface area contributed by atoms with Gasteiger partial charge in [-0.1, -0.05) is 42.5 Å². The third-order valence-electron chi connectivity index (χ3n) is 8.13. The SMILES string of the molecule is NC(=O)[C@H](NC(=O)[C@@H](Cc1ccc(O)c([N+](=O)[O-])c1)NC(=O)[C@@H]1O[C@H]1C(=O)NCCc1ccc(O)cc1)C1Cc2ccccc2C1. The minimum absolute atomic E-state index is 0.123. The van der Waals surface area contributed by atoms with Crippen LogP contribution in [0.3, 0.4) is 0 Å². The molecule has 0 radical (unpaired) electrons. The molecule has 0 bridgehead atoms. The van der Waals surface area contributed by atoms with E-state index in [1.54, 1.807) is 12.1 Å². The number of benzene rings is 3. The van der Waals surface area contributed by atoms with Gasteiger partial charge in [0.25, 0.3) is 11.8 Å². The van der Waals surface area contributed by atoms with Gasteiger partial charge in [-0.3, -0.25) is 29.3 Å². The molecule has 0 spiro atoms. The molecule has 7 N–H and O–H groups in total. The van der Waals surface area contributed by atoms with Gasteiger partial charge in [-0.2, -0.15) is 0 Å². The highest BCUT2D eigenvalue weighted by Gasteiger charge is 2.51. The lowest BCUT2D eigenvalue weighted by Gasteiger charge is -2.25. The van der Waals surface area contributed by atoms with Crippen molar-refractivity contribution >= 4 is 29.3 Å². The Morgan fingerprint density at radius 3 is 2.17 bits per heavy atom. The summed E-state index contributed by atoms with van der Waals surface area (Å²) in [7, 11) is 0. The van der Waals surface area contributed by atoms with E-state index in [-0.39, 0.29) is 30.2 Å². The fourth-order valence-corrected chi connectivity index (χ4v) is 5.65. The summed E-state index contributed by atoms with van der Waals surface area (Å²) in [6.07, 6.45) is -1.03. The number of hydrogen-bond donors (Lipinski definition) is 6. The molecule has 1 heterocycles. The Hall–Kier alpha value is -5.50. The number of phenols is 2. The van der Waals surface area contributed by atoms with E-state index in [4.69, 9.17) is 10.5 Å². The Kier molecular flexibility index (Phi) is 9.47. The topological polar surface area (TPSA) is 227 Å². The summed E-state index contributed by atoms with van der Waals surface area (Å²) in [5.74, 6) is -3.59. The number of nitro groups is 1.